The maximum atomic E-state index is 12.1. The molecule has 0 fully saturated rings. The Morgan fingerprint density at radius 3 is 2.48 bits per heavy atom. The summed E-state index contributed by atoms with van der Waals surface area (Å²) in [7, 11) is -3.52. The van der Waals surface area contributed by atoms with E-state index in [-0.39, 0.29) is 11.5 Å². The van der Waals surface area contributed by atoms with Crippen LogP contribution in [0.1, 0.15) is 12.0 Å². The van der Waals surface area contributed by atoms with E-state index in [0.717, 1.165) is 5.56 Å². The highest BCUT2D eigenvalue weighted by Crippen LogP contribution is 2.17. The van der Waals surface area contributed by atoms with Crippen LogP contribution < -0.4 is 10.1 Å². The normalized spacial score (nSPS) is 11.0. The van der Waals surface area contributed by atoms with Crippen LogP contribution in [0.15, 0.2) is 54.6 Å². The number of nitrogens with one attached hydrogen (secondary N) is 1. The molecular formula is C19H21NO6S. The van der Waals surface area contributed by atoms with Gasteiger partial charge in [-0.15, -0.1) is 0 Å². The Kier molecular flexibility index (Phi) is 7.36. The number of aryl methyl sites for hydroxylation is 1. The van der Waals surface area contributed by atoms with Gasteiger partial charge in [-0.2, -0.15) is 0 Å². The molecule has 0 saturated heterocycles. The number of hydrogen-bond donors (Lipinski definition) is 2. The van der Waals surface area contributed by atoms with Crippen LogP contribution in [0.5, 0.6) is 5.75 Å². The van der Waals surface area contributed by atoms with Crippen molar-refractivity contribution in [2.45, 2.75) is 12.8 Å². The van der Waals surface area contributed by atoms with Crippen molar-refractivity contribution in [2.75, 3.05) is 23.4 Å². The van der Waals surface area contributed by atoms with Gasteiger partial charge in [-0.3, -0.25) is 4.79 Å². The number of sulfone groups is 1. The van der Waals surface area contributed by atoms with Crippen molar-refractivity contribution in [1.29, 1.82) is 0 Å². The van der Waals surface area contributed by atoms with Gasteiger partial charge in [0.15, 0.2) is 16.4 Å². The van der Waals surface area contributed by atoms with Crippen molar-refractivity contribution in [3.8, 4) is 5.75 Å². The number of carbonyl (C=O) groups excluding carboxylic acids is 1. The molecule has 0 saturated carbocycles. The number of amides is 1. The fourth-order valence-electron chi connectivity index (χ4n) is 2.42. The summed E-state index contributed by atoms with van der Waals surface area (Å²) in [6.07, 6.45) is 1.07. The molecule has 0 spiro atoms. The van der Waals surface area contributed by atoms with Crippen LogP contribution in [0.2, 0.25) is 0 Å². The van der Waals surface area contributed by atoms with Crippen molar-refractivity contribution in [3.63, 3.8) is 0 Å². The van der Waals surface area contributed by atoms with Crippen LogP contribution in [0, 0.1) is 0 Å². The van der Waals surface area contributed by atoms with E-state index in [9.17, 15) is 18.0 Å². The molecule has 0 heterocycles. The van der Waals surface area contributed by atoms with Gasteiger partial charge < -0.3 is 15.2 Å². The monoisotopic (exact) mass is 391 g/mol. The van der Waals surface area contributed by atoms with E-state index >= 15 is 0 Å². The molecule has 27 heavy (non-hydrogen) atoms. The lowest BCUT2D eigenvalue weighted by Crippen LogP contribution is -2.25. The van der Waals surface area contributed by atoms with Gasteiger partial charge in [-0.25, -0.2) is 13.2 Å². The predicted molar refractivity (Wildman–Crippen MR) is 102 cm³/mol. The fraction of sp³-hybridized carbons (Fsp3) is 0.263. The topological polar surface area (TPSA) is 110 Å². The second-order valence-electron chi connectivity index (χ2n) is 5.94. The quantitative estimate of drug-likeness (QED) is 0.642. The van der Waals surface area contributed by atoms with Crippen LogP contribution in [-0.4, -0.2) is 43.5 Å². The van der Waals surface area contributed by atoms with Gasteiger partial charge in [0.05, 0.1) is 5.75 Å². The van der Waals surface area contributed by atoms with Gasteiger partial charge >= 0.3 is 5.97 Å². The summed E-state index contributed by atoms with van der Waals surface area (Å²) in [5.74, 6) is -2.18. The minimum Gasteiger partial charge on any atom is -0.482 e. The van der Waals surface area contributed by atoms with Crippen LogP contribution in [0.25, 0.3) is 0 Å². The first-order valence-corrected chi connectivity index (χ1v) is 10.1. The Labute approximate surface area is 157 Å². The number of hydrogen-bond acceptors (Lipinski definition) is 5. The van der Waals surface area contributed by atoms with Crippen molar-refractivity contribution >= 4 is 27.4 Å². The van der Waals surface area contributed by atoms with E-state index in [1.54, 1.807) is 18.2 Å². The van der Waals surface area contributed by atoms with Gasteiger partial charge in [0, 0.05) is 11.8 Å². The first-order chi connectivity index (χ1) is 12.8. The lowest BCUT2D eigenvalue weighted by atomic mass is 10.1. The molecular weight excluding hydrogens is 370 g/mol. The van der Waals surface area contributed by atoms with Gasteiger partial charge in [0.1, 0.15) is 11.5 Å². The smallest absolute Gasteiger partial charge is 0.341 e. The lowest BCUT2D eigenvalue weighted by molar-refractivity contribution is -0.139. The maximum Gasteiger partial charge on any atom is 0.341 e. The molecule has 0 aliphatic heterocycles. The Morgan fingerprint density at radius 1 is 1.04 bits per heavy atom. The molecule has 8 heteroatoms. The number of anilines is 1. The lowest BCUT2D eigenvalue weighted by Gasteiger charge is -2.09. The minimum atomic E-state index is -3.52. The number of ether oxygens (including phenoxy) is 1. The molecule has 1 amide bonds. The zero-order chi connectivity index (χ0) is 19.7. The summed E-state index contributed by atoms with van der Waals surface area (Å²) in [5.41, 5.74) is 1.39. The number of carbonyl (C=O) groups is 2. The van der Waals surface area contributed by atoms with Crippen molar-refractivity contribution < 1.29 is 27.9 Å². The summed E-state index contributed by atoms with van der Waals surface area (Å²) >= 11 is 0. The Balaban J connectivity index is 1.83. The summed E-state index contributed by atoms with van der Waals surface area (Å²) in [4.78, 5) is 22.5. The largest absolute Gasteiger partial charge is 0.482 e. The van der Waals surface area contributed by atoms with E-state index in [1.807, 2.05) is 30.3 Å². The van der Waals surface area contributed by atoms with E-state index in [4.69, 9.17) is 9.84 Å². The second-order valence-corrected chi connectivity index (χ2v) is 8.12. The third-order valence-corrected chi connectivity index (χ3v) is 5.21. The standard InChI is InChI=1S/C19H21NO6S/c21-18(20-16-9-4-10-17(12-16)26-13-19(22)23)14-27(24,25)11-5-8-15-6-2-1-3-7-15/h1-4,6-7,9-10,12H,5,8,11,13-14H2,(H,20,21)(H,22,23). The highest BCUT2D eigenvalue weighted by molar-refractivity contribution is 7.92. The molecule has 2 aromatic rings. The average molecular weight is 391 g/mol. The zero-order valence-electron chi connectivity index (χ0n) is 14.6. The van der Waals surface area contributed by atoms with Crippen LogP contribution in [0.3, 0.4) is 0 Å². The highest BCUT2D eigenvalue weighted by Gasteiger charge is 2.17. The molecule has 7 nitrogen and oxygen atoms in total. The van der Waals surface area contributed by atoms with Gasteiger partial charge in [-0.05, 0) is 30.5 Å². The summed E-state index contributed by atoms with van der Waals surface area (Å²) in [6, 6.07) is 15.7. The van der Waals surface area contributed by atoms with Crippen LogP contribution in [-0.2, 0) is 25.8 Å². The minimum absolute atomic E-state index is 0.0723. The number of aliphatic carboxylic acids is 1. The fourth-order valence-corrected chi connectivity index (χ4v) is 3.62. The van der Waals surface area contributed by atoms with Crippen molar-refractivity contribution in [1.82, 2.24) is 0 Å². The average Bonchev–Trinajstić information content (AvgIpc) is 2.60. The molecule has 0 radical (unpaired) electrons. The Bertz CT molecular complexity index is 880. The molecule has 2 aromatic carbocycles. The molecule has 0 atom stereocenters. The van der Waals surface area contributed by atoms with Crippen LogP contribution in [0.4, 0.5) is 5.69 Å². The second kappa shape index (κ2) is 9.72. The van der Waals surface area contributed by atoms with Gasteiger partial charge in [-0.1, -0.05) is 36.4 Å². The summed E-state index contributed by atoms with van der Waals surface area (Å²) in [6.45, 7) is -0.507. The number of benzene rings is 2. The van der Waals surface area contributed by atoms with Gasteiger partial charge in [0.2, 0.25) is 5.91 Å². The molecule has 2 rings (SSSR count). The van der Waals surface area contributed by atoms with Crippen molar-refractivity contribution in [2.24, 2.45) is 0 Å². The Morgan fingerprint density at radius 2 is 1.78 bits per heavy atom. The molecule has 0 unspecified atom stereocenters. The number of carboxylic acid groups (broad SMARTS) is 1. The van der Waals surface area contributed by atoms with E-state index in [2.05, 4.69) is 5.32 Å². The number of carboxylic acids is 1. The molecule has 0 aromatic heterocycles. The molecule has 0 aliphatic carbocycles. The molecule has 0 bridgehead atoms. The van der Waals surface area contributed by atoms with E-state index < -0.39 is 34.1 Å². The van der Waals surface area contributed by atoms with E-state index in [0.29, 0.717) is 18.5 Å². The highest BCUT2D eigenvalue weighted by atomic mass is 32.2. The van der Waals surface area contributed by atoms with Crippen LogP contribution >= 0.6 is 0 Å². The van der Waals surface area contributed by atoms with Gasteiger partial charge in [0.25, 0.3) is 0 Å². The molecule has 144 valence electrons. The third kappa shape index (κ3) is 7.91. The van der Waals surface area contributed by atoms with Crippen molar-refractivity contribution in [3.05, 3.63) is 60.2 Å². The first-order valence-electron chi connectivity index (χ1n) is 8.33. The molecule has 2 N–H and O–H groups in total. The zero-order valence-corrected chi connectivity index (χ0v) is 15.4. The Hall–Kier alpha value is -2.87. The first kappa shape index (κ1) is 20.4. The number of rotatable bonds is 10. The van der Waals surface area contributed by atoms with E-state index in [1.165, 1.54) is 6.07 Å². The SMILES string of the molecule is O=C(O)COc1cccc(NC(=O)CS(=O)(=O)CCCc2ccccc2)c1. The maximum absolute atomic E-state index is 12.1. The predicted octanol–water partition coefficient (Wildman–Crippen LogP) is 2.14. The molecule has 0 aliphatic rings. The summed E-state index contributed by atoms with van der Waals surface area (Å²) < 4.78 is 29.2. The third-order valence-electron chi connectivity index (χ3n) is 3.59. The summed E-state index contributed by atoms with van der Waals surface area (Å²) in [5, 5.41) is 11.1.